The molecule has 0 saturated carbocycles. The number of methoxy groups -OCH3 is 1. The van der Waals surface area contributed by atoms with Gasteiger partial charge in [0, 0.05) is 37.1 Å². The van der Waals surface area contributed by atoms with Gasteiger partial charge in [-0.3, -0.25) is 4.68 Å². The minimum Gasteiger partial charge on any atom is -0.481 e. The number of nitrogens with one attached hydrogen (secondary N) is 1. The summed E-state index contributed by atoms with van der Waals surface area (Å²) < 4.78 is 6.96. The summed E-state index contributed by atoms with van der Waals surface area (Å²) in [5, 5.41) is 7.61. The largest absolute Gasteiger partial charge is 0.481 e. The molecule has 2 aromatic rings. The Labute approximate surface area is 112 Å². The molecule has 0 aliphatic carbocycles. The van der Waals surface area contributed by atoms with Gasteiger partial charge in [0.25, 0.3) is 0 Å². The number of rotatable bonds is 5. The van der Waals surface area contributed by atoms with Crippen molar-refractivity contribution < 1.29 is 4.74 Å². The fourth-order valence-corrected chi connectivity index (χ4v) is 1.93. The molecule has 0 radical (unpaired) electrons. The summed E-state index contributed by atoms with van der Waals surface area (Å²) in [6, 6.07) is 1.80. The van der Waals surface area contributed by atoms with Crippen molar-refractivity contribution in [3.05, 3.63) is 29.2 Å². The van der Waals surface area contributed by atoms with Gasteiger partial charge in [-0.05, 0) is 13.3 Å². The van der Waals surface area contributed by atoms with Crippen LogP contribution in [0.5, 0.6) is 5.88 Å². The van der Waals surface area contributed by atoms with Crippen molar-refractivity contribution in [2.24, 2.45) is 7.05 Å². The maximum Gasteiger partial charge on any atom is 0.226 e. The Morgan fingerprint density at radius 2 is 2.16 bits per heavy atom. The van der Waals surface area contributed by atoms with Gasteiger partial charge in [0.15, 0.2) is 0 Å². The quantitative estimate of drug-likeness (QED) is 0.887. The van der Waals surface area contributed by atoms with Crippen molar-refractivity contribution in [1.29, 1.82) is 0 Å². The molecule has 0 aliphatic rings. The van der Waals surface area contributed by atoms with Crippen LogP contribution in [0.2, 0.25) is 0 Å². The van der Waals surface area contributed by atoms with Crippen LogP contribution in [0.15, 0.2) is 12.3 Å². The molecule has 6 heteroatoms. The maximum atomic E-state index is 5.13. The van der Waals surface area contributed by atoms with Gasteiger partial charge in [-0.2, -0.15) is 10.1 Å². The minimum atomic E-state index is 0.567. The first-order chi connectivity index (χ1) is 9.12. The van der Waals surface area contributed by atoms with E-state index in [1.165, 1.54) is 0 Å². The molecule has 2 heterocycles. The monoisotopic (exact) mass is 261 g/mol. The number of aromatic nitrogens is 4. The van der Waals surface area contributed by atoms with Gasteiger partial charge in [-0.25, -0.2) is 4.98 Å². The molecule has 2 aromatic heterocycles. The van der Waals surface area contributed by atoms with Crippen molar-refractivity contribution in [2.75, 3.05) is 12.4 Å². The fraction of sp³-hybridized carbons (Fsp3) is 0.462. The van der Waals surface area contributed by atoms with E-state index in [0.717, 1.165) is 23.4 Å². The van der Waals surface area contributed by atoms with Crippen LogP contribution in [-0.2, 0) is 20.0 Å². The summed E-state index contributed by atoms with van der Waals surface area (Å²) in [7, 11) is 3.52. The van der Waals surface area contributed by atoms with Gasteiger partial charge in [-0.15, -0.1) is 0 Å². The van der Waals surface area contributed by atoms with Crippen LogP contribution in [-0.4, -0.2) is 26.9 Å². The summed E-state index contributed by atoms with van der Waals surface area (Å²) >= 11 is 0. The lowest BCUT2D eigenvalue weighted by molar-refractivity contribution is 0.397. The van der Waals surface area contributed by atoms with Gasteiger partial charge >= 0.3 is 0 Å². The van der Waals surface area contributed by atoms with Gasteiger partial charge in [0.05, 0.1) is 12.8 Å². The standard InChI is InChI=1S/C13H19N5O/c1-5-11-10(8-18(3)17-11)7-14-13-15-9(2)6-12(16-13)19-4/h6,8H,5,7H2,1-4H3,(H,14,15,16). The third-order valence-electron chi connectivity index (χ3n) is 2.80. The molecule has 0 unspecified atom stereocenters. The predicted octanol–water partition coefficient (Wildman–Crippen LogP) is 1.70. The molecule has 0 aliphatic heterocycles. The first-order valence-corrected chi connectivity index (χ1v) is 6.27. The lowest BCUT2D eigenvalue weighted by Gasteiger charge is -2.07. The van der Waals surface area contributed by atoms with Gasteiger partial charge < -0.3 is 10.1 Å². The zero-order valence-electron chi connectivity index (χ0n) is 11.8. The molecule has 0 spiro atoms. The number of hydrogen-bond acceptors (Lipinski definition) is 5. The Morgan fingerprint density at radius 1 is 1.37 bits per heavy atom. The second kappa shape index (κ2) is 5.69. The zero-order valence-corrected chi connectivity index (χ0v) is 11.8. The SMILES string of the molecule is CCc1nn(C)cc1CNc1nc(C)cc(OC)n1. The topological polar surface area (TPSA) is 64.9 Å². The van der Waals surface area contributed by atoms with Gasteiger partial charge in [-0.1, -0.05) is 6.92 Å². The molecule has 0 fully saturated rings. The molecule has 0 saturated heterocycles. The Hall–Kier alpha value is -2.11. The Bertz CT molecular complexity index is 564. The lowest BCUT2D eigenvalue weighted by Crippen LogP contribution is -2.06. The Kier molecular flexibility index (Phi) is 3.99. The molecule has 2 rings (SSSR count). The van der Waals surface area contributed by atoms with Crippen LogP contribution in [0.4, 0.5) is 5.95 Å². The third-order valence-corrected chi connectivity index (χ3v) is 2.80. The molecule has 19 heavy (non-hydrogen) atoms. The average Bonchev–Trinajstić information content (AvgIpc) is 2.76. The lowest BCUT2D eigenvalue weighted by atomic mass is 10.2. The number of nitrogens with zero attached hydrogens (tertiary/aromatic N) is 4. The molecule has 1 N–H and O–H groups in total. The normalized spacial score (nSPS) is 10.5. The highest BCUT2D eigenvalue weighted by atomic mass is 16.5. The van der Waals surface area contributed by atoms with Crippen LogP contribution >= 0.6 is 0 Å². The van der Waals surface area contributed by atoms with Crippen LogP contribution in [0.25, 0.3) is 0 Å². The van der Waals surface area contributed by atoms with Gasteiger partial charge in [0.1, 0.15) is 0 Å². The second-order valence-electron chi connectivity index (χ2n) is 4.36. The first kappa shape index (κ1) is 13.3. The summed E-state index contributed by atoms with van der Waals surface area (Å²) in [4.78, 5) is 8.59. The summed E-state index contributed by atoms with van der Waals surface area (Å²) in [5.74, 6) is 1.14. The third kappa shape index (κ3) is 3.21. The van der Waals surface area contributed by atoms with E-state index in [2.05, 4.69) is 27.3 Å². The smallest absolute Gasteiger partial charge is 0.226 e. The summed E-state index contributed by atoms with van der Waals surface area (Å²) in [5.41, 5.74) is 3.12. The van der Waals surface area contributed by atoms with Crippen molar-refractivity contribution in [3.8, 4) is 5.88 Å². The molecule has 0 aromatic carbocycles. The first-order valence-electron chi connectivity index (χ1n) is 6.27. The van der Waals surface area contributed by atoms with E-state index < -0.39 is 0 Å². The molecular weight excluding hydrogens is 242 g/mol. The predicted molar refractivity (Wildman–Crippen MR) is 73.2 cm³/mol. The van der Waals surface area contributed by atoms with Crippen molar-refractivity contribution in [2.45, 2.75) is 26.8 Å². The van der Waals surface area contributed by atoms with Gasteiger partial charge in [0.2, 0.25) is 11.8 Å². The second-order valence-corrected chi connectivity index (χ2v) is 4.36. The molecule has 0 atom stereocenters. The van der Waals surface area contributed by atoms with E-state index >= 15 is 0 Å². The minimum absolute atomic E-state index is 0.567. The van der Waals surface area contributed by atoms with E-state index in [0.29, 0.717) is 18.4 Å². The van der Waals surface area contributed by atoms with Crippen LogP contribution < -0.4 is 10.1 Å². The fourth-order valence-electron chi connectivity index (χ4n) is 1.93. The Balaban J connectivity index is 2.11. The highest BCUT2D eigenvalue weighted by Gasteiger charge is 2.07. The van der Waals surface area contributed by atoms with Crippen molar-refractivity contribution in [3.63, 3.8) is 0 Å². The number of anilines is 1. The van der Waals surface area contributed by atoms with Crippen molar-refractivity contribution in [1.82, 2.24) is 19.7 Å². The molecule has 0 amide bonds. The zero-order chi connectivity index (χ0) is 13.8. The van der Waals surface area contributed by atoms with Crippen molar-refractivity contribution >= 4 is 5.95 Å². The number of hydrogen-bond donors (Lipinski definition) is 1. The van der Waals surface area contributed by atoms with Crippen LogP contribution in [0.1, 0.15) is 23.9 Å². The maximum absolute atomic E-state index is 5.13. The molecular formula is C13H19N5O. The van der Waals surface area contributed by atoms with E-state index in [1.54, 1.807) is 13.2 Å². The van der Waals surface area contributed by atoms with E-state index in [-0.39, 0.29) is 0 Å². The van der Waals surface area contributed by atoms with Crippen LogP contribution in [0, 0.1) is 6.92 Å². The molecule has 0 bridgehead atoms. The van der Waals surface area contributed by atoms with E-state index in [1.807, 2.05) is 24.9 Å². The summed E-state index contributed by atoms with van der Waals surface area (Å²) in [6.45, 7) is 4.67. The Morgan fingerprint density at radius 3 is 2.84 bits per heavy atom. The number of ether oxygens (including phenoxy) is 1. The van der Waals surface area contributed by atoms with Crippen LogP contribution in [0.3, 0.4) is 0 Å². The molecule has 6 nitrogen and oxygen atoms in total. The molecule has 102 valence electrons. The number of aryl methyl sites for hydroxylation is 3. The highest BCUT2D eigenvalue weighted by Crippen LogP contribution is 2.13. The van der Waals surface area contributed by atoms with E-state index in [9.17, 15) is 0 Å². The van der Waals surface area contributed by atoms with E-state index in [4.69, 9.17) is 4.74 Å². The average molecular weight is 261 g/mol. The highest BCUT2D eigenvalue weighted by molar-refractivity contribution is 5.32. The summed E-state index contributed by atoms with van der Waals surface area (Å²) in [6.07, 6.45) is 2.93.